The number of aromatic carboxylic acids is 1. The maximum Gasteiger partial charge on any atom is 0.490 e. The number of carboxylic acid groups (broad SMARTS) is 1. The molecule has 3 heterocycles. The van der Waals surface area contributed by atoms with Crippen molar-refractivity contribution in [2.75, 3.05) is 95.0 Å². The van der Waals surface area contributed by atoms with E-state index in [1.165, 1.54) is 30.5 Å². The second kappa shape index (κ2) is 37.2. The first-order chi connectivity index (χ1) is 44.5. The number of esters is 1. The van der Waals surface area contributed by atoms with Crippen LogP contribution in [0.5, 0.6) is 0 Å². The van der Waals surface area contributed by atoms with Crippen molar-refractivity contribution < 1.29 is 104 Å². The van der Waals surface area contributed by atoms with Crippen molar-refractivity contribution in [3.8, 4) is 34.3 Å². The number of benzene rings is 3. The van der Waals surface area contributed by atoms with Crippen LogP contribution in [0.1, 0.15) is 98.2 Å². The van der Waals surface area contributed by atoms with Crippen LogP contribution in [0, 0.1) is 17.3 Å². The number of phosphoric ester groups is 1. The molecule has 38 heteroatoms. The molecule has 1 aromatic heterocycles. The molecule has 0 spiro atoms. The number of nitrogens with zero attached hydrogens (tertiary/aromatic N) is 2. The molecule has 516 valence electrons. The number of carbonyl (C=O) groups is 4. The Morgan fingerprint density at radius 1 is 0.883 bits per heavy atom. The van der Waals surface area contributed by atoms with Crippen molar-refractivity contribution in [1.82, 2.24) is 25.5 Å². The maximum absolute atomic E-state index is 13.3. The predicted octanol–water partition coefficient (Wildman–Crippen LogP) is 6.31. The average Bonchev–Trinajstić information content (AvgIpc) is 0.863. The molecule has 6 atom stereocenters. The molecule has 3 aromatic rings. The number of rotatable bonds is 39. The normalized spacial score (nSPS) is 16.6. The van der Waals surface area contributed by atoms with E-state index in [0.29, 0.717) is 89.8 Å². The van der Waals surface area contributed by atoms with Gasteiger partial charge in [0.25, 0.3) is 5.91 Å². The molecule has 1 fully saturated rings. The number of carboxylic acids is 1. The summed E-state index contributed by atoms with van der Waals surface area (Å²) in [5.74, 6) is 4.76. The van der Waals surface area contributed by atoms with Crippen LogP contribution in [0.25, 0.3) is 33.4 Å². The van der Waals surface area contributed by atoms with E-state index < -0.39 is 81.6 Å². The molecule has 2 aliphatic heterocycles. The summed E-state index contributed by atoms with van der Waals surface area (Å²) >= 11 is 5.33. The van der Waals surface area contributed by atoms with Gasteiger partial charge in [0.1, 0.15) is 35.4 Å². The number of phosphoric acid groups is 3. The number of hydrogen-bond donors (Lipinski definition) is 11. The van der Waals surface area contributed by atoms with Crippen LogP contribution < -0.4 is 38.5 Å². The zero-order chi connectivity index (χ0) is 68.6. The Kier molecular flexibility index (Phi) is 30.6. The van der Waals surface area contributed by atoms with Crippen molar-refractivity contribution in [1.29, 1.82) is 5.41 Å². The number of amides is 3. The van der Waals surface area contributed by atoms with Gasteiger partial charge < -0.3 is 90.3 Å². The number of nitrogens with one attached hydrogen (secondary N) is 4. The van der Waals surface area contributed by atoms with Gasteiger partial charge in [-0.15, -0.1) is 0 Å². The van der Waals surface area contributed by atoms with E-state index in [9.17, 15) is 52.6 Å². The molecule has 3 aliphatic rings. The largest absolute Gasteiger partial charge is 0.490 e. The molecule has 4 unspecified atom stereocenters. The Morgan fingerprint density at radius 3 is 2.38 bits per heavy atom. The number of aromatic nitrogens is 2. The zero-order valence-corrected chi connectivity index (χ0v) is 57.2. The highest BCUT2D eigenvalue weighted by Crippen LogP contribution is 2.66. The molecule has 1 saturated heterocycles. The van der Waals surface area contributed by atoms with Gasteiger partial charge in [0.15, 0.2) is 0 Å². The van der Waals surface area contributed by atoms with Crippen LogP contribution in [0.4, 0.5) is 16.3 Å². The predicted molar refractivity (Wildman–Crippen MR) is 353 cm³/mol. The quantitative estimate of drug-likeness (QED) is 0.00300. The third kappa shape index (κ3) is 26.1. The highest BCUT2D eigenvalue weighted by Gasteiger charge is 2.44. The smallest absolute Gasteiger partial charge is 0.478 e. The molecule has 0 bridgehead atoms. The number of hydrogen-bond acceptors (Lipinski definition) is 25. The fourth-order valence-corrected chi connectivity index (χ4v) is 14.8. The number of nitrogen functional groups attached to an aromatic ring is 2. The molecule has 1 aliphatic carbocycles. The number of fused-ring (bicyclic) bond motifs is 2. The standard InChI is InChI=1S/C56H75N8O23P3S4/c1-4-94(91)35-82-46-31-48(85-47(46)33-83-89(74,75)87-90(76,77)86-88(71,72)73)64-32-37(51(59)63-55(64)70)10-8-20-62-54(69)61-19-6-5-7-22-80-34-92-93-56(2,3)18-24-81-49(65)11-9-23-78-26-27-79-25-21-60-52(66)36-12-15-40(53(67)68)43(28-36)50-41-16-13-38(57)29-44(41)84-45-30-39(58)14-17-42(45)50/h12-17,28-30,32,46-48,57H,4-7,9,11,18-27,31,33-35,58H2,1-3H3,(H,60,66)(H,67,68)(H,74,75)(H,76,77)(H2,59,63,70)(H2,61,62,69)(H2,71,72,73)/t46?,47-,48-,94?/m1/s1. The van der Waals surface area contributed by atoms with Crippen molar-refractivity contribution in [2.45, 2.75) is 88.9 Å². The van der Waals surface area contributed by atoms with Crippen LogP contribution in [0.15, 0.2) is 70.0 Å². The lowest BCUT2D eigenvalue weighted by Gasteiger charge is -2.22. The average molecular weight is 1450 g/mol. The highest BCUT2D eigenvalue weighted by atomic mass is 33.1. The molecule has 6 rings (SSSR count). The van der Waals surface area contributed by atoms with Crippen molar-refractivity contribution >= 4 is 112 Å². The Morgan fingerprint density at radius 2 is 1.64 bits per heavy atom. The highest BCUT2D eigenvalue weighted by molar-refractivity contribution is 8.77. The minimum Gasteiger partial charge on any atom is -0.478 e. The molecular weight excluding hydrogens is 1370 g/mol. The minimum atomic E-state index is -5.79. The van der Waals surface area contributed by atoms with Gasteiger partial charge in [-0.25, -0.2) is 28.1 Å². The molecule has 13 N–H and O–H groups in total. The van der Waals surface area contributed by atoms with E-state index in [2.05, 4.69) is 55.2 Å². The summed E-state index contributed by atoms with van der Waals surface area (Å²) in [5.41, 5.74) is 13.7. The second-order valence-corrected chi connectivity index (χ2v) is 31.5. The lowest BCUT2D eigenvalue weighted by molar-refractivity contribution is -0.144. The number of anilines is 2. The third-order valence-corrected chi connectivity index (χ3v) is 22.2. The first kappa shape index (κ1) is 77.3. The maximum atomic E-state index is 13.3. The minimum absolute atomic E-state index is 0.0229. The summed E-state index contributed by atoms with van der Waals surface area (Å²) in [4.78, 5) is 104. The molecule has 0 saturated carbocycles. The third-order valence-electron chi connectivity index (χ3n) is 13.3. The van der Waals surface area contributed by atoms with E-state index in [1.54, 1.807) is 51.9 Å². The molecular formula is C56H75N8O23P3S4. The molecule has 94 heavy (non-hydrogen) atoms. The first-order valence-electron chi connectivity index (χ1n) is 29.0. The van der Waals surface area contributed by atoms with Gasteiger partial charge in [0.2, 0.25) is 0 Å². The van der Waals surface area contributed by atoms with Crippen molar-refractivity contribution in [2.24, 2.45) is 0 Å². The van der Waals surface area contributed by atoms with E-state index >= 15 is 0 Å². The van der Waals surface area contributed by atoms with E-state index in [4.69, 9.17) is 75.2 Å². The zero-order valence-electron chi connectivity index (χ0n) is 51.3. The first-order valence-corrected chi connectivity index (χ1v) is 38.3. The van der Waals surface area contributed by atoms with Gasteiger partial charge in [-0.3, -0.25) is 18.7 Å². The van der Waals surface area contributed by atoms with E-state index in [-0.39, 0.29) is 96.9 Å². The monoisotopic (exact) mass is 1450 g/mol. The SMILES string of the molecule is CCS(=S)COC1C[C@H](n2cc(C#CCNC(=O)NCCCCCOCSSC(C)(C)CCOC(=O)CCCOCCOCCNC(=O)c3ccc(C(=O)O)c(-c4c5ccc(=N)cc-5oc5cc(N)ccc45)c3)c(N)nc2=O)O[C@@H]1COP(=O)(O)OP(=O)(O)OP(=O)(O)O. The van der Waals surface area contributed by atoms with Gasteiger partial charge in [0.05, 0.1) is 68.1 Å². The van der Waals surface area contributed by atoms with Gasteiger partial charge in [-0.1, -0.05) is 49.8 Å². The van der Waals surface area contributed by atoms with Crippen LogP contribution in [0.2, 0.25) is 0 Å². The summed E-state index contributed by atoms with van der Waals surface area (Å²) in [6, 6.07) is 13.7. The van der Waals surface area contributed by atoms with Gasteiger partial charge in [0, 0.05) is 90.0 Å². The van der Waals surface area contributed by atoms with E-state index in [1.807, 2.05) is 6.92 Å². The molecule has 0 radical (unpaired) electrons. The number of ether oxygens (including phenoxy) is 6. The van der Waals surface area contributed by atoms with E-state index in [0.717, 1.165) is 17.4 Å². The fraction of sp³-hybridized carbons (Fsp3) is 0.482. The van der Waals surface area contributed by atoms with Crippen molar-refractivity contribution in [3.63, 3.8) is 0 Å². The van der Waals surface area contributed by atoms with Crippen molar-refractivity contribution in [3.05, 3.63) is 93.3 Å². The van der Waals surface area contributed by atoms with Gasteiger partial charge >= 0.3 is 47.1 Å². The number of urea groups is 1. The molecule has 3 amide bonds. The Balaban J connectivity index is 0.770. The lowest BCUT2D eigenvalue weighted by Crippen LogP contribution is -2.36. The summed E-state index contributed by atoms with van der Waals surface area (Å²) in [6.07, 6.45) is 1.44. The van der Waals surface area contributed by atoms with Crippen LogP contribution in [-0.4, -0.2) is 159 Å². The number of unbranched alkanes of at least 4 members (excludes halogenated alkanes) is 2. The van der Waals surface area contributed by atoms with Gasteiger partial charge in [-0.05, 0) is 111 Å². The topological polar surface area (TPSA) is 464 Å². The Bertz CT molecular complexity index is 3770. The summed E-state index contributed by atoms with van der Waals surface area (Å²) in [7, 11) is -14.4. The van der Waals surface area contributed by atoms with Crippen LogP contribution in [-0.2, 0) is 80.7 Å². The summed E-state index contributed by atoms with van der Waals surface area (Å²) in [6.45, 7) is 7.38. The Hall–Kier alpha value is -5.67. The molecule has 31 nitrogen and oxygen atoms in total. The number of nitrogens with two attached hydrogens (primary N) is 2. The van der Waals surface area contributed by atoms with Crippen LogP contribution in [0.3, 0.4) is 0 Å². The summed E-state index contributed by atoms with van der Waals surface area (Å²) < 4.78 is 88.6. The second-order valence-electron chi connectivity index (χ2n) is 21.1. The number of carbonyl (C=O) groups excluding carboxylic acids is 3. The lowest BCUT2D eigenvalue weighted by atomic mass is 9.89. The molecule has 2 aromatic carbocycles. The Labute approximate surface area is 555 Å². The van der Waals surface area contributed by atoms with Gasteiger partial charge in [-0.2, -0.15) is 13.6 Å². The fourth-order valence-electron chi connectivity index (χ4n) is 8.79. The van der Waals surface area contributed by atoms with Crippen LogP contribution >= 0.6 is 45.1 Å². The summed E-state index contributed by atoms with van der Waals surface area (Å²) in [5, 5.41) is 27.2.